The minimum absolute atomic E-state index is 0.0633. The molecule has 4 aromatic carbocycles. The van der Waals surface area contributed by atoms with Crippen molar-refractivity contribution in [3.8, 4) is 5.75 Å². The maximum Gasteiger partial charge on any atom is 0.258 e. The highest BCUT2D eigenvalue weighted by Gasteiger charge is 2.19. The lowest BCUT2D eigenvalue weighted by atomic mass is 9.95. The van der Waals surface area contributed by atoms with Crippen LogP contribution in [0.2, 0.25) is 0 Å². The second kappa shape index (κ2) is 9.14. The lowest BCUT2D eigenvalue weighted by Crippen LogP contribution is -2.33. The van der Waals surface area contributed by atoms with Gasteiger partial charge in [-0.2, -0.15) is 0 Å². The van der Waals surface area contributed by atoms with E-state index in [2.05, 4.69) is 34.2 Å². The summed E-state index contributed by atoms with van der Waals surface area (Å²) in [4.78, 5) is 12.8. The number of aryl methyl sites for hydroxylation is 1. The standard InChI is InChI=1S/C26H22BrNO2/c1-18-9-5-7-13-21(18)26(20-11-3-2-4-12-20)28-24(29)17-30-23-16-15-19-10-6-8-14-22(19)25(23)27/h2-16,26H,17H2,1H3,(H,28,29)/t26-/m1/s1. The fourth-order valence-electron chi connectivity index (χ4n) is 3.57. The molecule has 4 heteroatoms. The summed E-state index contributed by atoms with van der Waals surface area (Å²) in [5.41, 5.74) is 3.24. The first kappa shape index (κ1) is 20.2. The maximum atomic E-state index is 12.8. The highest BCUT2D eigenvalue weighted by atomic mass is 79.9. The Labute approximate surface area is 184 Å². The van der Waals surface area contributed by atoms with E-state index in [-0.39, 0.29) is 18.6 Å². The number of carbonyl (C=O) groups is 1. The Bertz CT molecular complexity index is 1170. The van der Waals surface area contributed by atoms with Gasteiger partial charge in [-0.3, -0.25) is 4.79 Å². The third-order valence-electron chi connectivity index (χ3n) is 5.12. The van der Waals surface area contributed by atoms with Gasteiger partial charge in [-0.15, -0.1) is 0 Å². The van der Waals surface area contributed by atoms with Crippen LogP contribution in [-0.4, -0.2) is 12.5 Å². The van der Waals surface area contributed by atoms with E-state index in [1.54, 1.807) is 0 Å². The van der Waals surface area contributed by atoms with Crippen LogP contribution in [-0.2, 0) is 4.79 Å². The van der Waals surface area contributed by atoms with Crippen LogP contribution >= 0.6 is 15.9 Å². The Morgan fingerprint density at radius 2 is 1.60 bits per heavy atom. The van der Waals surface area contributed by atoms with Crippen molar-refractivity contribution in [3.05, 3.63) is 112 Å². The van der Waals surface area contributed by atoms with E-state index in [0.717, 1.165) is 31.9 Å². The number of carbonyl (C=O) groups excluding carboxylic acids is 1. The van der Waals surface area contributed by atoms with E-state index < -0.39 is 0 Å². The fourth-order valence-corrected chi connectivity index (χ4v) is 4.18. The van der Waals surface area contributed by atoms with Crippen LogP contribution < -0.4 is 10.1 Å². The van der Waals surface area contributed by atoms with Gasteiger partial charge in [0.25, 0.3) is 5.91 Å². The molecule has 0 heterocycles. The molecule has 0 aliphatic heterocycles. The van der Waals surface area contributed by atoms with E-state index >= 15 is 0 Å². The first-order valence-electron chi connectivity index (χ1n) is 9.83. The van der Waals surface area contributed by atoms with Crippen LogP contribution in [0.3, 0.4) is 0 Å². The van der Waals surface area contributed by atoms with Crippen LogP contribution in [0.4, 0.5) is 0 Å². The molecule has 0 aliphatic rings. The number of nitrogens with one attached hydrogen (secondary N) is 1. The summed E-state index contributed by atoms with van der Waals surface area (Å²) < 4.78 is 6.70. The first-order valence-corrected chi connectivity index (χ1v) is 10.6. The van der Waals surface area contributed by atoms with E-state index in [1.807, 2.05) is 84.9 Å². The summed E-state index contributed by atoms with van der Waals surface area (Å²) in [7, 11) is 0. The van der Waals surface area contributed by atoms with Gasteiger partial charge < -0.3 is 10.1 Å². The quantitative estimate of drug-likeness (QED) is 0.372. The second-order valence-electron chi connectivity index (χ2n) is 7.16. The zero-order valence-electron chi connectivity index (χ0n) is 16.6. The largest absolute Gasteiger partial charge is 0.483 e. The van der Waals surface area contributed by atoms with Gasteiger partial charge in [-0.1, -0.05) is 84.9 Å². The predicted molar refractivity (Wildman–Crippen MR) is 125 cm³/mol. The van der Waals surface area contributed by atoms with Gasteiger partial charge in [-0.25, -0.2) is 0 Å². The summed E-state index contributed by atoms with van der Waals surface area (Å²) in [5.74, 6) is 0.475. The zero-order valence-corrected chi connectivity index (χ0v) is 18.2. The highest BCUT2D eigenvalue weighted by Crippen LogP contribution is 2.33. The lowest BCUT2D eigenvalue weighted by molar-refractivity contribution is -0.123. The van der Waals surface area contributed by atoms with Gasteiger partial charge in [0, 0.05) is 0 Å². The van der Waals surface area contributed by atoms with Crippen LogP contribution in [0.5, 0.6) is 5.75 Å². The number of halogens is 1. The van der Waals surface area contributed by atoms with Crippen LogP contribution in [0.25, 0.3) is 10.8 Å². The molecule has 30 heavy (non-hydrogen) atoms. The number of rotatable bonds is 6. The Balaban J connectivity index is 1.52. The maximum absolute atomic E-state index is 12.8. The molecular weight excluding hydrogens is 438 g/mol. The first-order chi connectivity index (χ1) is 14.6. The van der Waals surface area contributed by atoms with Crippen molar-refractivity contribution in [1.82, 2.24) is 5.32 Å². The Morgan fingerprint density at radius 1 is 0.900 bits per heavy atom. The molecule has 3 nitrogen and oxygen atoms in total. The molecule has 0 radical (unpaired) electrons. The average molecular weight is 460 g/mol. The topological polar surface area (TPSA) is 38.3 Å². The molecule has 0 saturated carbocycles. The zero-order chi connectivity index (χ0) is 20.9. The van der Waals surface area contributed by atoms with E-state index in [9.17, 15) is 4.79 Å². The summed E-state index contributed by atoms with van der Waals surface area (Å²) in [6.07, 6.45) is 0. The molecule has 0 aliphatic carbocycles. The summed E-state index contributed by atoms with van der Waals surface area (Å²) in [6, 6.07) is 29.8. The Morgan fingerprint density at radius 3 is 2.40 bits per heavy atom. The molecule has 150 valence electrons. The third kappa shape index (κ3) is 4.39. The van der Waals surface area contributed by atoms with E-state index in [0.29, 0.717) is 5.75 Å². The van der Waals surface area contributed by atoms with Crippen molar-refractivity contribution in [2.45, 2.75) is 13.0 Å². The molecule has 4 rings (SSSR count). The van der Waals surface area contributed by atoms with Gasteiger partial charge in [0.05, 0.1) is 10.5 Å². The van der Waals surface area contributed by atoms with Crippen molar-refractivity contribution >= 4 is 32.6 Å². The minimum atomic E-state index is -0.233. The van der Waals surface area contributed by atoms with Gasteiger partial charge in [0.2, 0.25) is 0 Å². The van der Waals surface area contributed by atoms with Crippen molar-refractivity contribution in [1.29, 1.82) is 0 Å². The van der Waals surface area contributed by atoms with Crippen LogP contribution in [0, 0.1) is 6.92 Å². The molecule has 4 aromatic rings. The van der Waals surface area contributed by atoms with Crippen LogP contribution in [0.15, 0.2) is 95.5 Å². The van der Waals surface area contributed by atoms with Gasteiger partial charge in [0.1, 0.15) is 5.75 Å². The minimum Gasteiger partial charge on any atom is -0.483 e. The molecule has 0 saturated heterocycles. The smallest absolute Gasteiger partial charge is 0.258 e. The normalized spacial score (nSPS) is 11.8. The van der Waals surface area contributed by atoms with Crippen LogP contribution in [0.1, 0.15) is 22.7 Å². The molecule has 1 amide bonds. The molecular formula is C26H22BrNO2. The van der Waals surface area contributed by atoms with Crippen molar-refractivity contribution in [2.75, 3.05) is 6.61 Å². The number of fused-ring (bicyclic) bond motifs is 1. The molecule has 1 N–H and O–H groups in total. The summed E-state index contributed by atoms with van der Waals surface area (Å²) in [5, 5.41) is 5.31. The fraction of sp³-hybridized carbons (Fsp3) is 0.115. The molecule has 0 spiro atoms. The molecule has 0 fully saturated rings. The van der Waals surface area contributed by atoms with Crippen molar-refractivity contribution in [2.24, 2.45) is 0 Å². The van der Waals surface area contributed by atoms with Gasteiger partial charge in [0.15, 0.2) is 6.61 Å². The SMILES string of the molecule is Cc1ccccc1[C@H](NC(=O)COc1ccc2ccccc2c1Br)c1ccccc1. The third-order valence-corrected chi connectivity index (χ3v) is 5.94. The van der Waals surface area contributed by atoms with E-state index in [1.165, 1.54) is 0 Å². The average Bonchev–Trinajstić information content (AvgIpc) is 2.78. The van der Waals surface area contributed by atoms with Crippen molar-refractivity contribution in [3.63, 3.8) is 0 Å². The highest BCUT2D eigenvalue weighted by molar-refractivity contribution is 9.10. The number of benzene rings is 4. The van der Waals surface area contributed by atoms with E-state index in [4.69, 9.17) is 4.74 Å². The number of ether oxygens (including phenoxy) is 1. The Kier molecular flexibility index (Phi) is 6.15. The molecule has 0 aromatic heterocycles. The number of hydrogen-bond acceptors (Lipinski definition) is 2. The van der Waals surface area contributed by atoms with Gasteiger partial charge in [-0.05, 0) is 56.4 Å². The number of hydrogen-bond donors (Lipinski definition) is 1. The predicted octanol–water partition coefficient (Wildman–Crippen LogP) is 6.20. The Hall–Kier alpha value is -3.11. The monoisotopic (exact) mass is 459 g/mol. The molecule has 0 unspecified atom stereocenters. The second-order valence-corrected chi connectivity index (χ2v) is 7.95. The van der Waals surface area contributed by atoms with Gasteiger partial charge >= 0.3 is 0 Å². The molecule has 0 bridgehead atoms. The summed E-state index contributed by atoms with van der Waals surface area (Å²) >= 11 is 3.61. The van der Waals surface area contributed by atoms with Crippen molar-refractivity contribution < 1.29 is 9.53 Å². The lowest BCUT2D eigenvalue weighted by Gasteiger charge is -2.22. The summed E-state index contributed by atoms with van der Waals surface area (Å²) in [6.45, 7) is 1.99. The molecule has 1 atom stereocenters. The number of amides is 1.